The first-order valence-corrected chi connectivity index (χ1v) is 5.19. The molecule has 2 heterocycles. The number of halogens is 1. The topological polar surface area (TPSA) is 92.4 Å². The smallest absolute Gasteiger partial charge is 0.338 e. The maximum Gasteiger partial charge on any atom is 0.338 e. The fraction of sp³-hybridized carbons (Fsp3) is 0. The first-order chi connectivity index (χ1) is 8.50. The molecule has 0 radical (unpaired) electrons. The summed E-state index contributed by atoms with van der Waals surface area (Å²) >= 11 is 5.70. The SMILES string of the molecule is O=C(O)c1ccc(-n2cccc(O)c2=O)nc1Cl. The molecule has 2 rings (SSSR count). The Balaban J connectivity index is 2.60. The second kappa shape index (κ2) is 4.50. The van der Waals surface area contributed by atoms with Crippen molar-refractivity contribution in [3.05, 3.63) is 51.5 Å². The summed E-state index contributed by atoms with van der Waals surface area (Å²) in [4.78, 5) is 26.2. The number of pyridine rings is 2. The molecule has 0 aliphatic carbocycles. The second-order valence-corrected chi connectivity index (χ2v) is 3.74. The van der Waals surface area contributed by atoms with Crippen LogP contribution < -0.4 is 5.56 Å². The lowest BCUT2D eigenvalue weighted by atomic mass is 10.3. The quantitative estimate of drug-likeness (QED) is 0.799. The molecule has 0 unspecified atom stereocenters. The van der Waals surface area contributed by atoms with Gasteiger partial charge in [0.15, 0.2) is 5.75 Å². The minimum atomic E-state index is -1.21. The van der Waals surface area contributed by atoms with Gasteiger partial charge in [-0.3, -0.25) is 9.36 Å². The number of carboxylic acid groups (broad SMARTS) is 1. The number of aromatic carboxylic acids is 1. The summed E-state index contributed by atoms with van der Waals surface area (Å²) in [6.07, 6.45) is 1.39. The van der Waals surface area contributed by atoms with Crippen LogP contribution in [0, 0.1) is 0 Å². The predicted molar refractivity (Wildman–Crippen MR) is 63.5 cm³/mol. The molecule has 0 aromatic carbocycles. The van der Waals surface area contributed by atoms with Crippen molar-refractivity contribution in [1.29, 1.82) is 0 Å². The van der Waals surface area contributed by atoms with Gasteiger partial charge in [0, 0.05) is 6.20 Å². The van der Waals surface area contributed by atoms with Gasteiger partial charge in [0.2, 0.25) is 0 Å². The van der Waals surface area contributed by atoms with Crippen LogP contribution in [-0.4, -0.2) is 25.7 Å². The third-order valence-corrected chi connectivity index (χ3v) is 2.53. The Labute approximate surface area is 106 Å². The zero-order valence-electron chi connectivity index (χ0n) is 8.87. The number of aromatic hydroxyl groups is 1. The van der Waals surface area contributed by atoms with Crippen LogP contribution in [0.3, 0.4) is 0 Å². The molecule has 0 aliphatic heterocycles. The number of hydrogen-bond acceptors (Lipinski definition) is 4. The van der Waals surface area contributed by atoms with Crippen LogP contribution in [0.2, 0.25) is 5.15 Å². The van der Waals surface area contributed by atoms with E-state index in [-0.39, 0.29) is 16.5 Å². The van der Waals surface area contributed by atoms with E-state index in [2.05, 4.69) is 4.98 Å². The zero-order valence-corrected chi connectivity index (χ0v) is 9.63. The van der Waals surface area contributed by atoms with E-state index in [1.165, 1.54) is 30.5 Å². The lowest BCUT2D eigenvalue weighted by Crippen LogP contribution is -2.18. The van der Waals surface area contributed by atoms with E-state index in [4.69, 9.17) is 16.7 Å². The predicted octanol–water partition coefficient (Wildman–Crippen LogP) is 1.29. The van der Waals surface area contributed by atoms with E-state index >= 15 is 0 Å². The van der Waals surface area contributed by atoms with E-state index in [1.807, 2.05) is 0 Å². The zero-order chi connectivity index (χ0) is 13.3. The van der Waals surface area contributed by atoms with Crippen LogP contribution in [-0.2, 0) is 0 Å². The van der Waals surface area contributed by atoms with Crippen molar-refractivity contribution in [3.8, 4) is 11.6 Å². The third kappa shape index (κ3) is 2.05. The number of rotatable bonds is 2. The average Bonchev–Trinajstić information content (AvgIpc) is 2.32. The van der Waals surface area contributed by atoms with Gasteiger partial charge < -0.3 is 10.2 Å². The van der Waals surface area contributed by atoms with Gasteiger partial charge in [-0.05, 0) is 24.3 Å². The minimum absolute atomic E-state index is 0.130. The summed E-state index contributed by atoms with van der Waals surface area (Å²) < 4.78 is 1.06. The van der Waals surface area contributed by atoms with E-state index in [0.29, 0.717) is 0 Å². The van der Waals surface area contributed by atoms with Gasteiger partial charge in [0.25, 0.3) is 5.56 Å². The first kappa shape index (κ1) is 12.1. The van der Waals surface area contributed by atoms with Crippen LogP contribution in [0.5, 0.6) is 5.75 Å². The van der Waals surface area contributed by atoms with E-state index in [0.717, 1.165) is 4.57 Å². The van der Waals surface area contributed by atoms with Gasteiger partial charge in [-0.25, -0.2) is 9.78 Å². The van der Waals surface area contributed by atoms with Crippen molar-refractivity contribution < 1.29 is 15.0 Å². The molecular formula is C11H7ClN2O4. The van der Waals surface area contributed by atoms with E-state index < -0.39 is 17.3 Å². The molecule has 0 atom stereocenters. The van der Waals surface area contributed by atoms with Gasteiger partial charge >= 0.3 is 5.97 Å². The highest BCUT2D eigenvalue weighted by Crippen LogP contribution is 2.15. The van der Waals surface area contributed by atoms with Crippen molar-refractivity contribution in [2.45, 2.75) is 0 Å². The average molecular weight is 267 g/mol. The lowest BCUT2D eigenvalue weighted by Gasteiger charge is -2.06. The second-order valence-electron chi connectivity index (χ2n) is 3.38. The Kier molecular flexibility index (Phi) is 3.03. The van der Waals surface area contributed by atoms with Crippen LogP contribution in [0.25, 0.3) is 5.82 Å². The molecule has 0 spiro atoms. The number of hydrogen-bond donors (Lipinski definition) is 2. The molecule has 0 bridgehead atoms. The highest BCUT2D eigenvalue weighted by molar-refractivity contribution is 6.32. The highest BCUT2D eigenvalue weighted by Gasteiger charge is 2.12. The molecule has 0 aliphatic rings. The van der Waals surface area contributed by atoms with Crippen LogP contribution in [0.4, 0.5) is 0 Å². The Bertz CT molecular complexity index is 681. The van der Waals surface area contributed by atoms with Crippen molar-refractivity contribution in [2.24, 2.45) is 0 Å². The van der Waals surface area contributed by atoms with Crippen molar-refractivity contribution >= 4 is 17.6 Å². The third-order valence-electron chi connectivity index (χ3n) is 2.24. The van der Waals surface area contributed by atoms with Crippen molar-refractivity contribution in [1.82, 2.24) is 9.55 Å². The summed E-state index contributed by atoms with van der Waals surface area (Å²) in [5.74, 6) is -1.51. The number of carboxylic acids is 1. The van der Waals surface area contributed by atoms with E-state index in [9.17, 15) is 14.7 Å². The molecular weight excluding hydrogens is 260 g/mol. The number of carbonyl (C=O) groups is 1. The summed E-state index contributed by atoms with van der Waals surface area (Å²) in [5.41, 5.74) is -0.822. The van der Waals surface area contributed by atoms with Gasteiger partial charge in [-0.15, -0.1) is 0 Å². The van der Waals surface area contributed by atoms with Crippen molar-refractivity contribution in [3.63, 3.8) is 0 Å². The molecule has 92 valence electrons. The number of nitrogens with zero attached hydrogens (tertiary/aromatic N) is 2. The molecule has 6 nitrogen and oxygen atoms in total. The summed E-state index contributed by atoms with van der Waals surface area (Å²) in [6.45, 7) is 0. The largest absolute Gasteiger partial charge is 0.503 e. The van der Waals surface area contributed by atoms with Crippen molar-refractivity contribution in [2.75, 3.05) is 0 Å². The molecule has 18 heavy (non-hydrogen) atoms. The Hall–Kier alpha value is -2.34. The first-order valence-electron chi connectivity index (χ1n) is 4.81. The molecule has 0 fully saturated rings. The lowest BCUT2D eigenvalue weighted by molar-refractivity contribution is 0.0696. The van der Waals surface area contributed by atoms with Crippen LogP contribution >= 0.6 is 11.6 Å². The standard InChI is InChI=1S/C11H7ClN2O4/c12-9-6(11(17)18)3-4-8(13-9)14-5-1-2-7(15)10(14)16/h1-5,15H,(H,17,18). The molecule has 2 N–H and O–H groups in total. The maximum absolute atomic E-state index is 11.6. The van der Waals surface area contributed by atoms with Gasteiger partial charge in [-0.1, -0.05) is 11.6 Å². The van der Waals surface area contributed by atoms with Crippen LogP contribution in [0.1, 0.15) is 10.4 Å². The summed E-state index contributed by atoms with van der Waals surface area (Å²) in [5, 5.41) is 17.9. The van der Waals surface area contributed by atoms with E-state index in [1.54, 1.807) is 0 Å². The Morgan fingerprint density at radius 3 is 2.67 bits per heavy atom. The molecule has 7 heteroatoms. The Morgan fingerprint density at radius 2 is 2.06 bits per heavy atom. The Morgan fingerprint density at radius 1 is 1.33 bits per heavy atom. The molecule has 0 saturated heterocycles. The molecule has 2 aromatic heterocycles. The molecule has 0 saturated carbocycles. The summed E-state index contributed by atoms with van der Waals surface area (Å²) in [6, 6.07) is 5.27. The van der Waals surface area contributed by atoms with Gasteiger partial charge in [0.05, 0.1) is 5.56 Å². The molecule has 0 amide bonds. The normalized spacial score (nSPS) is 10.3. The van der Waals surface area contributed by atoms with Gasteiger partial charge in [0.1, 0.15) is 11.0 Å². The fourth-order valence-corrected chi connectivity index (χ4v) is 1.61. The maximum atomic E-state index is 11.6. The monoisotopic (exact) mass is 266 g/mol. The summed E-state index contributed by atoms with van der Waals surface area (Å²) in [7, 11) is 0. The molecule has 2 aromatic rings. The van der Waals surface area contributed by atoms with Gasteiger partial charge in [-0.2, -0.15) is 0 Å². The minimum Gasteiger partial charge on any atom is -0.503 e. The highest BCUT2D eigenvalue weighted by atomic mass is 35.5. The van der Waals surface area contributed by atoms with Crippen LogP contribution in [0.15, 0.2) is 35.3 Å². The fourth-order valence-electron chi connectivity index (χ4n) is 1.38. The number of aromatic nitrogens is 2.